The third-order valence-electron chi connectivity index (χ3n) is 3.33. The van der Waals surface area contributed by atoms with Gasteiger partial charge < -0.3 is 5.32 Å². The zero-order valence-electron chi connectivity index (χ0n) is 10.1. The van der Waals surface area contributed by atoms with E-state index >= 15 is 0 Å². The molecule has 1 aliphatic carbocycles. The van der Waals surface area contributed by atoms with Crippen molar-refractivity contribution in [1.29, 1.82) is 0 Å². The third kappa shape index (κ3) is 3.31. The van der Waals surface area contributed by atoms with Crippen LogP contribution in [0.15, 0.2) is 18.2 Å². The normalized spacial score (nSPS) is 17.4. The maximum Gasteiger partial charge on any atom is 0.123 e. The van der Waals surface area contributed by atoms with Crippen molar-refractivity contribution in [2.45, 2.75) is 45.7 Å². The summed E-state index contributed by atoms with van der Waals surface area (Å²) in [6.45, 7) is 5.04. The summed E-state index contributed by atoms with van der Waals surface area (Å²) in [5.74, 6) is 0.809. The maximum absolute atomic E-state index is 12.9. The number of rotatable bonds is 5. The number of hydrogen-bond acceptors (Lipinski definition) is 1. The molecule has 0 saturated heterocycles. The van der Waals surface area contributed by atoms with Gasteiger partial charge in [-0.3, -0.25) is 0 Å². The van der Waals surface area contributed by atoms with Gasteiger partial charge in [-0.2, -0.15) is 0 Å². The molecule has 1 aromatic carbocycles. The summed E-state index contributed by atoms with van der Waals surface area (Å²) >= 11 is 0. The van der Waals surface area contributed by atoms with Crippen LogP contribution in [0.3, 0.4) is 0 Å². The monoisotopic (exact) mass is 221 g/mol. The molecule has 1 nitrogen and oxygen atoms in total. The van der Waals surface area contributed by atoms with Crippen LogP contribution in [0.2, 0.25) is 0 Å². The van der Waals surface area contributed by atoms with Gasteiger partial charge in [-0.25, -0.2) is 4.39 Å². The molecule has 0 bridgehead atoms. The Labute approximate surface area is 97.1 Å². The topological polar surface area (TPSA) is 12.0 Å². The molecule has 0 aliphatic heterocycles. The van der Waals surface area contributed by atoms with E-state index in [1.165, 1.54) is 30.9 Å². The highest BCUT2D eigenvalue weighted by Gasteiger charge is 2.23. The highest BCUT2D eigenvalue weighted by molar-refractivity contribution is 5.26. The van der Waals surface area contributed by atoms with E-state index in [0.717, 1.165) is 18.0 Å². The van der Waals surface area contributed by atoms with E-state index in [9.17, 15) is 4.39 Å². The summed E-state index contributed by atoms with van der Waals surface area (Å²) < 4.78 is 12.9. The predicted octanol–water partition coefficient (Wildman–Crippen LogP) is 3.41. The largest absolute Gasteiger partial charge is 0.310 e. The van der Waals surface area contributed by atoms with Gasteiger partial charge in [0.15, 0.2) is 0 Å². The summed E-state index contributed by atoms with van der Waals surface area (Å²) in [6, 6.07) is 5.58. The quantitative estimate of drug-likeness (QED) is 0.803. The van der Waals surface area contributed by atoms with Crippen molar-refractivity contribution in [3.63, 3.8) is 0 Å². The van der Waals surface area contributed by atoms with E-state index in [0.29, 0.717) is 6.04 Å². The number of nitrogens with one attached hydrogen (secondary N) is 1. The van der Waals surface area contributed by atoms with Crippen LogP contribution >= 0.6 is 0 Å². The Kier molecular flexibility index (Phi) is 3.59. The Morgan fingerprint density at radius 2 is 2.19 bits per heavy atom. The number of aryl methyl sites for hydroxylation is 1. The van der Waals surface area contributed by atoms with Crippen LogP contribution in [0.1, 0.15) is 37.3 Å². The van der Waals surface area contributed by atoms with Gasteiger partial charge in [-0.15, -0.1) is 0 Å². The van der Waals surface area contributed by atoms with Crippen molar-refractivity contribution in [2.75, 3.05) is 0 Å². The average Bonchev–Trinajstić information content (AvgIpc) is 3.00. The fourth-order valence-electron chi connectivity index (χ4n) is 2.08. The molecule has 1 atom stereocenters. The van der Waals surface area contributed by atoms with E-state index in [-0.39, 0.29) is 5.82 Å². The Bertz CT molecular complexity index is 358. The van der Waals surface area contributed by atoms with Gasteiger partial charge in [0.05, 0.1) is 0 Å². The second-order valence-corrected chi connectivity index (χ2v) is 5.03. The summed E-state index contributed by atoms with van der Waals surface area (Å²) in [6.07, 6.45) is 4.09. The summed E-state index contributed by atoms with van der Waals surface area (Å²) in [5, 5.41) is 3.51. The van der Waals surface area contributed by atoms with Crippen LogP contribution in [0.5, 0.6) is 0 Å². The first-order chi connectivity index (χ1) is 7.65. The lowest BCUT2D eigenvalue weighted by Gasteiger charge is -2.14. The number of halogens is 1. The van der Waals surface area contributed by atoms with Crippen LogP contribution in [-0.4, -0.2) is 6.04 Å². The molecule has 2 rings (SSSR count). The van der Waals surface area contributed by atoms with Gasteiger partial charge >= 0.3 is 0 Å². The van der Waals surface area contributed by atoms with Crippen LogP contribution in [-0.2, 0) is 6.54 Å². The van der Waals surface area contributed by atoms with E-state index < -0.39 is 0 Å². The second kappa shape index (κ2) is 4.96. The van der Waals surface area contributed by atoms with Crippen molar-refractivity contribution in [2.24, 2.45) is 5.92 Å². The van der Waals surface area contributed by atoms with Gasteiger partial charge in [0.25, 0.3) is 0 Å². The molecule has 1 aliphatic rings. The summed E-state index contributed by atoms with van der Waals surface area (Å²) in [5.41, 5.74) is 2.23. The summed E-state index contributed by atoms with van der Waals surface area (Å²) in [7, 11) is 0. The molecule has 0 heterocycles. The fraction of sp³-hybridized carbons (Fsp3) is 0.571. The van der Waals surface area contributed by atoms with Crippen LogP contribution < -0.4 is 5.32 Å². The number of benzene rings is 1. The Hall–Kier alpha value is -0.890. The van der Waals surface area contributed by atoms with Gasteiger partial charge in [-0.1, -0.05) is 18.9 Å². The Balaban J connectivity index is 1.83. The highest BCUT2D eigenvalue weighted by atomic mass is 19.1. The zero-order chi connectivity index (χ0) is 11.5. The fourth-order valence-corrected chi connectivity index (χ4v) is 2.08. The molecule has 1 saturated carbocycles. The molecule has 88 valence electrons. The molecule has 0 amide bonds. The van der Waals surface area contributed by atoms with Gasteiger partial charge in [-0.05, 0) is 49.4 Å². The maximum atomic E-state index is 12.9. The standard InChI is InChI=1S/C14H20FN/c1-10-7-14(15)6-5-13(10)9-16-11(2)8-12-3-4-12/h5-7,11-12,16H,3-4,8-9H2,1-2H3. The molecule has 1 unspecified atom stereocenters. The van der Waals surface area contributed by atoms with Gasteiger partial charge in [0.2, 0.25) is 0 Å². The lowest BCUT2D eigenvalue weighted by atomic mass is 10.1. The van der Waals surface area contributed by atoms with Gasteiger partial charge in [0, 0.05) is 12.6 Å². The Morgan fingerprint density at radius 3 is 2.81 bits per heavy atom. The zero-order valence-corrected chi connectivity index (χ0v) is 10.1. The Morgan fingerprint density at radius 1 is 1.44 bits per heavy atom. The van der Waals surface area contributed by atoms with E-state index in [2.05, 4.69) is 12.2 Å². The molecule has 0 aromatic heterocycles. The molecular formula is C14H20FN. The smallest absolute Gasteiger partial charge is 0.123 e. The first-order valence-electron chi connectivity index (χ1n) is 6.13. The molecule has 1 N–H and O–H groups in total. The minimum atomic E-state index is -0.146. The first kappa shape index (κ1) is 11.6. The first-order valence-corrected chi connectivity index (χ1v) is 6.13. The molecule has 1 fully saturated rings. The minimum absolute atomic E-state index is 0.146. The summed E-state index contributed by atoms with van der Waals surface area (Å²) in [4.78, 5) is 0. The minimum Gasteiger partial charge on any atom is -0.310 e. The van der Waals surface area contributed by atoms with E-state index in [4.69, 9.17) is 0 Å². The van der Waals surface area contributed by atoms with Gasteiger partial charge in [0.1, 0.15) is 5.82 Å². The van der Waals surface area contributed by atoms with E-state index in [1.807, 2.05) is 13.0 Å². The average molecular weight is 221 g/mol. The molecule has 0 radical (unpaired) electrons. The van der Waals surface area contributed by atoms with Crippen molar-refractivity contribution < 1.29 is 4.39 Å². The molecule has 0 spiro atoms. The van der Waals surface area contributed by atoms with E-state index in [1.54, 1.807) is 6.07 Å². The van der Waals surface area contributed by atoms with Crippen molar-refractivity contribution >= 4 is 0 Å². The second-order valence-electron chi connectivity index (χ2n) is 5.03. The molecule has 1 aromatic rings. The lowest BCUT2D eigenvalue weighted by molar-refractivity contribution is 0.486. The molecular weight excluding hydrogens is 201 g/mol. The van der Waals surface area contributed by atoms with Crippen molar-refractivity contribution in [3.05, 3.63) is 35.1 Å². The van der Waals surface area contributed by atoms with Crippen molar-refractivity contribution in [1.82, 2.24) is 5.32 Å². The van der Waals surface area contributed by atoms with Crippen LogP contribution in [0, 0.1) is 18.7 Å². The van der Waals surface area contributed by atoms with Crippen LogP contribution in [0.25, 0.3) is 0 Å². The highest BCUT2D eigenvalue weighted by Crippen LogP contribution is 2.33. The van der Waals surface area contributed by atoms with Crippen molar-refractivity contribution in [3.8, 4) is 0 Å². The molecule has 2 heteroatoms. The SMILES string of the molecule is Cc1cc(F)ccc1CNC(C)CC1CC1. The predicted molar refractivity (Wildman–Crippen MR) is 64.8 cm³/mol. The lowest BCUT2D eigenvalue weighted by Crippen LogP contribution is -2.26. The third-order valence-corrected chi connectivity index (χ3v) is 3.33. The van der Waals surface area contributed by atoms with Crippen LogP contribution in [0.4, 0.5) is 4.39 Å². The number of hydrogen-bond donors (Lipinski definition) is 1. The molecule has 16 heavy (non-hydrogen) atoms.